The van der Waals surface area contributed by atoms with Gasteiger partial charge in [0.1, 0.15) is 5.82 Å². The van der Waals surface area contributed by atoms with Crippen LogP contribution >= 0.6 is 0 Å². The predicted octanol–water partition coefficient (Wildman–Crippen LogP) is 2.12. The van der Waals surface area contributed by atoms with Gasteiger partial charge < -0.3 is 10.1 Å². The van der Waals surface area contributed by atoms with Crippen LogP contribution in [0.15, 0.2) is 18.3 Å². The minimum Gasteiger partial charge on any atom is -0.380 e. The lowest BCUT2D eigenvalue weighted by Gasteiger charge is -2.22. The Labute approximate surface area is 109 Å². The third kappa shape index (κ3) is 3.68. The number of hydrogen-bond acceptors (Lipinski definition) is 4. The smallest absolute Gasteiger partial charge is 0.126 e. The van der Waals surface area contributed by atoms with Gasteiger partial charge in [-0.3, -0.25) is 4.90 Å². The van der Waals surface area contributed by atoms with Crippen LogP contribution in [0.5, 0.6) is 0 Å². The highest BCUT2D eigenvalue weighted by atomic mass is 16.5. The van der Waals surface area contributed by atoms with E-state index in [0.29, 0.717) is 6.04 Å². The zero-order valence-corrected chi connectivity index (χ0v) is 11.4. The fraction of sp³-hybridized carbons (Fsp3) is 0.643. The highest BCUT2D eigenvalue weighted by molar-refractivity contribution is 5.37. The SMILES string of the molecule is CCCNc1cc(CN(C)C2CCOC2)ccn1. The van der Waals surface area contributed by atoms with Crippen molar-refractivity contribution in [2.24, 2.45) is 0 Å². The second-order valence-corrected chi connectivity index (χ2v) is 4.91. The van der Waals surface area contributed by atoms with Gasteiger partial charge in [0.2, 0.25) is 0 Å². The first-order valence-electron chi connectivity index (χ1n) is 6.76. The van der Waals surface area contributed by atoms with E-state index in [0.717, 1.165) is 45.0 Å². The van der Waals surface area contributed by atoms with Gasteiger partial charge >= 0.3 is 0 Å². The molecule has 0 amide bonds. The molecule has 1 fully saturated rings. The molecule has 0 aromatic carbocycles. The van der Waals surface area contributed by atoms with Gasteiger partial charge in [0.05, 0.1) is 6.61 Å². The van der Waals surface area contributed by atoms with Crippen molar-refractivity contribution in [1.82, 2.24) is 9.88 Å². The summed E-state index contributed by atoms with van der Waals surface area (Å²) < 4.78 is 5.43. The van der Waals surface area contributed by atoms with Crippen molar-refractivity contribution in [2.75, 3.05) is 32.1 Å². The van der Waals surface area contributed by atoms with Crippen LogP contribution < -0.4 is 5.32 Å². The molecule has 2 rings (SSSR count). The summed E-state index contributed by atoms with van der Waals surface area (Å²) >= 11 is 0. The molecule has 0 radical (unpaired) electrons. The molecular weight excluding hydrogens is 226 g/mol. The van der Waals surface area contributed by atoms with Crippen LogP contribution in [0.2, 0.25) is 0 Å². The summed E-state index contributed by atoms with van der Waals surface area (Å²) in [4.78, 5) is 6.69. The number of rotatable bonds is 6. The van der Waals surface area contributed by atoms with E-state index in [1.807, 2.05) is 6.20 Å². The molecule has 1 aliphatic heterocycles. The fourth-order valence-electron chi connectivity index (χ4n) is 2.21. The van der Waals surface area contributed by atoms with Crippen molar-refractivity contribution in [2.45, 2.75) is 32.4 Å². The molecule has 2 heterocycles. The first-order valence-corrected chi connectivity index (χ1v) is 6.76. The van der Waals surface area contributed by atoms with E-state index in [2.05, 4.69) is 41.3 Å². The van der Waals surface area contributed by atoms with E-state index in [4.69, 9.17) is 4.74 Å². The van der Waals surface area contributed by atoms with Gasteiger partial charge in [-0.15, -0.1) is 0 Å². The lowest BCUT2D eigenvalue weighted by Crippen LogP contribution is -2.31. The molecule has 1 saturated heterocycles. The summed E-state index contributed by atoms with van der Waals surface area (Å²) in [6.45, 7) is 5.85. The van der Waals surface area contributed by atoms with Crippen LogP contribution in [-0.2, 0) is 11.3 Å². The number of nitrogens with one attached hydrogen (secondary N) is 1. The lowest BCUT2D eigenvalue weighted by atomic mass is 10.2. The Morgan fingerprint density at radius 2 is 2.44 bits per heavy atom. The minimum atomic E-state index is 0.560. The third-order valence-electron chi connectivity index (χ3n) is 3.34. The Morgan fingerprint density at radius 1 is 1.56 bits per heavy atom. The van der Waals surface area contributed by atoms with Crippen molar-refractivity contribution in [3.8, 4) is 0 Å². The first kappa shape index (κ1) is 13.3. The summed E-state index contributed by atoms with van der Waals surface area (Å²) in [6.07, 6.45) is 4.14. The van der Waals surface area contributed by atoms with E-state index in [1.54, 1.807) is 0 Å². The van der Waals surface area contributed by atoms with Gasteiger partial charge in [0.25, 0.3) is 0 Å². The molecule has 1 aromatic rings. The summed E-state index contributed by atoms with van der Waals surface area (Å²) in [7, 11) is 2.17. The molecule has 1 aromatic heterocycles. The van der Waals surface area contributed by atoms with Gasteiger partial charge in [0.15, 0.2) is 0 Å². The molecule has 0 bridgehead atoms. The summed E-state index contributed by atoms with van der Waals surface area (Å²) in [6, 6.07) is 4.79. The van der Waals surface area contributed by atoms with E-state index >= 15 is 0 Å². The van der Waals surface area contributed by atoms with Crippen molar-refractivity contribution >= 4 is 5.82 Å². The molecule has 0 saturated carbocycles. The van der Waals surface area contributed by atoms with E-state index in [1.165, 1.54) is 5.56 Å². The van der Waals surface area contributed by atoms with E-state index in [-0.39, 0.29) is 0 Å². The quantitative estimate of drug-likeness (QED) is 0.838. The highest BCUT2D eigenvalue weighted by Gasteiger charge is 2.20. The van der Waals surface area contributed by atoms with Crippen LogP contribution in [0.3, 0.4) is 0 Å². The third-order valence-corrected chi connectivity index (χ3v) is 3.34. The number of likely N-dealkylation sites (N-methyl/N-ethyl adjacent to an activating group) is 1. The van der Waals surface area contributed by atoms with Crippen LogP contribution in [0.4, 0.5) is 5.82 Å². The molecule has 0 aliphatic carbocycles. The predicted molar refractivity (Wildman–Crippen MR) is 73.7 cm³/mol. The van der Waals surface area contributed by atoms with Crippen LogP contribution in [-0.4, -0.2) is 42.7 Å². The van der Waals surface area contributed by atoms with Crippen LogP contribution in [0.1, 0.15) is 25.3 Å². The maximum atomic E-state index is 5.43. The molecular formula is C14H23N3O. The van der Waals surface area contributed by atoms with Crippen LogP contribution in [0, 0.1) is 0 Å². The van der Waals surface area contributed by atoms with Crippen molar-refractivity contribution < 1.29 is 4.74 Å². The number of anilines is 1. The van der Waals surface area contributed by atoms with Crippen molar-refractivity contribution in [1.29, 1.82) is 0 Å². The second-order valence-electron chi connectivity index (χ2n) is 4.91. The first-order chi connectivity index (χ1) is 8.79. The molecule has 1 aliphatic rings. The van der Waals surface area contributed by atoms with E-state index < -0.39 is 0 Å². The van der Waals surface area contributed by atoms with Crippen molar-refractivity contribution in [3.63, 3.8) is 0 Å². The number of hydrogen-bond donors (Lipinski definition) is 1. The fourth-order valence-corrected chi connectivity index (χ4v) is 2.21. The maximum Gasteiger partial charge on any atom is 0.126 e. The zero-order chi connectivity index (χ0) is 12.8. The average molecular weight is 249 g/mol. The Hall–Kier alpha value is -1.13. The second kappa shape index (κ2) is 6.71. The molecule has 18 heavy (non-hydrogen) atoms. The van der Waals surface area contributed by atoms with E-state index in [9.17, 15) is 0 Å². The molecule has 1 N–H and O–H groups in total. The Bertz CT molecular complexity index is 364. The molecule has 4 nitrogen and oxygen atoms in total. The van der Waals surface area contributed by atoms with Gasteiger partial charge in [0, 0.05) is 31.9 Å². The normalized spacial score (nSPS) is 19.4. The molecule has 1 atom stereocenters. The van der Waals surface area contributed by atoms with Crippen LogP contribution in [0.25, 0.3) is 0 Å². The number of nitrogens with zero attached hydrogens (tertiary/aromatic N) is 2. The number of ether oxygens (including phenoxy) is 1. The standard InChI is InChI=1S/C14H23N3O/c1-3-6-15-14-9-12(4-7-16-14)10-17(2)13-5-8-18-11-13/h4,7,9,13H,3,5-6,8,10-11H2,1-2H3,(H,15,16). The monoisotopic (exact) mass is 249 g/mol. The molecule has 1 unspecified atom stereocenters. The Morgan fingerprint density at radius 3 is 3.17 bits per heavy atom. The summed E-state index contributed by atoms with van der Waals surface area (Å²) in [5.41, 5.74) is 1.30. The number of aromatic nitrogens is 1. The Balaban J connectivity index is 1.91. The lowest BCUT2D eigenvalue weighted by molar-refractivity contribution is 0.156. The van der Waals surface area contributed by atoms with Gasteiger partial charge in [-0.25, -0.2) is 4.98 Å². The molecule has 4 heteroatoms. The Kier molecular flexibility index (Phi) is 4.96. The summed E-state index contributed by atoms with van der Waals surface area (Å²) in [5, 5.41) is 3.32. The molecule has 100 valence electrons. The minimum absolute atomic E-state index is 0.560. The topological polar surface area (TPSA) is 37.4 Å². The summed E-state index contributed by atoms with van der Waals surface area (Å²) in [5.74, 6) is 0.977. The largest absolute Gasteiger partial charge is 0.380 e. The zero-order valence-electron chi connectivity index (χ0n) is 11.4. The van der Waals surface area contributed by atoms with Gasteiger partial charge in [-0.1, -0.05) is 6.92 Å². The van der Waals surface area contributed by atoms with Crippen molar-refractivity contribution in [3.05, 3.63) is 23.9 Å². The number of pyridine rings is 1. The average Bonchev–Trinajstić information content (AvgIpc) is 2.91. The highest BCUT2D eigenvalue weighted by Crippen LogP contribution is 2.15. The van der Waals surface area contributed by atoms with Gasteiger partial charge in [-0.2, -0.15) is 0 Å². The maximum absolute atomic E-state index is 5.43. The molecule has 0 spiro atoms. The van der Waals surface area contributed by atoms with Gasteiger partial charge in [-0.05, 0) is 37.6 Å².